The fraction of sp³-hybridized carbons (Fsp3) is 0.667. The Morgan fingerprint density at radius 2 is 2.50 bits per heavy atom. The predicted octanol–water partition coefficient (Wildman–Crippen LogP) is 1.02. The van der Waals surface area contributed by atoms with E-state index in [1.54, 1.807) is 0 Å². The average molecular weight is 165 g/mol. The van der Waals surface area contributed by atoms with Crippen molar-refractivity contribution in [3.63, 3.8) is 0 Å². The Morgan fingerprint density at radius 3 is 3.08 bits per heavy atom. The fourth-order valence-electron chi connectivity index (χ4n) is 1.39. The number of aromatic nitrogens is 2. The summed E-state index contributed by atoms with van der Waals surface area (Å²) in [6, 6.07) is 3.29. The lowest BCUT2D eigenvalue weighted by Crippen LogP contribution is -2.32. The summed E-state index contributed by atoms with van der Waals surface area (Å²) in [5, 5.41) is 7.69. The van der Waals surface area contributed by atoms with Gasteiger partial charge in [-0.2, -0.15) is 5.10 Å². The van der Waals surface area contributed by atoms with E-state index in [2.05, 4.69) is 17.3 Å². The third-order valence-electron chi connectivity index (χ3n) is 2.12. The zero-order valence-corrected chi connectivity index (χ0v) is 7.40. The van der Waals surface area contributed by atoms with Crippen LogP contribution in [0.15, 0.2) is 18.5 Å². The van der Waals surface area contributed by atoms with Gasteiger partial charge in [0.25, 0.3) is 0 Å². The Labute approximate surface area is 72.8 Å². The van der Waals surface area contributed by atoms with Crippen molar-refractivity contribution in [2.24, 2.45) is 0 Å². The Kier molecular flexibility index (Phi) is 2.13. The number of nitrogens with one attached hydrogen (secondary N) is 1. The molecular weight excluding hydrogens is 150 g/mol. The van der Waals surface area contributed by atoms with Crippen molar-refractivity contribution in [1.82, 2.24) is 15.1 Å². The van der Waals surface area contributed by atoms with Crippen LogP contribution < -0.4 is 5.32 Å². The van der Waals surface area contributed by atoms with Crippen molar-refractivity contribution in [1.29, 1.82) is 0 Å². The summed E-state index contributed by atoms with van der Waals surface area (Å²) >= 11 is 0. The molecule has 1 aliphatic carbocycles. The normalized spacial score (nSPS) is 19.4. The molecule has 3 heteroatoms. The van der Waals surface area contributed by atoms with Crippen LogP contribution in [0.4, 0.5) is 0 Å². The topological polar surface area (TPSA) is 29.9 Å². The predicted molar refractivity (Wildman–Crippen MR) is 47.8 cm³/mol. The highest BCUT2D eigenvalue weighted by Crippen LogP contribution is 2.19. The summed E-state index contributed by atoms with van der Waals surface area (Å²) in [6.45, 7) is 3.18. The molecule has 1 saturated carbocycles. The second-order valence-electron chi connectivity index (χ2n) is 3.57. The van der Waals surface area contributed by atoms with Crippen LogP contribution in [0.5, 0.6) is 0 Å². The Morgan fingerprint density at radius 1 is 1.67 bits per heavy atom. The van der Waals surface area contributed by atoms with Crippen molar-refractivity contribution < 1.29 is 0 Å². The van der Waals surface area contributed by atoms with Gasteiger partial charge in [-0.15, -0.1) is 0 Å². The van der Waals surface area contributed by atoms with Gasteiger partial charge in [-0.25, -0.2) is 0 Å². The van der Waals surface area contributed by atoms with Crippen LogP contribution in [0.2, 0.25) is 0 Å². The molecular formula is C9H15N3. The highest BCUT2D eigenvalue weighted by molar-refractivity contribution is 4.84. The molecule has 0 saturated heterocycles. The molecule has 66 valence electrons. The molecule has 1 unspecified atom stereocenters. The quantitative estimate of drug-likeness (QED) is 0.722. The largest absolute Gasteiger partial charge is 0.310 e. The maximum absolute atomic E-state index is 4.16. The number of hydrogen-bond donors (Lipinski definition) is 1. The van der Waals surface area contributed by atoms with Crippen LogP contribution >= 0.6 is 0 Å². The molecule has 12 heavy (non-hydrogen) atoms. The third-order valence-corrected chi connectivity index (χ3v) is 2.12. The molecule has 0 aliphatic heterocycles. The molecule has 1 fully saturated rings. The van der Waals surface area contributed by atoms with Crippen molar-refractivity contribution >= 4 is 0 Å². The molecule has 2 rings (SSSR count). The molecule has 1 heterocycles. The first kappa shape index (κ1) is 7.80. The van der Waals surface area contributed by atoms with Crippen LogP contribution in [0, 0.1) is 0 Å². The highest BCUT2D eigenvalue weighted by atomic mass is 15.3. The highest BCUT2D eigenvalue weighted by Gasteiger charge is 2.22. The first-order valence-corrected chi connectivity index (χ1v) is 4.58. The Balaban J connectivity index is 1.77. The fourth-order valence-corrected chi connectivity index (χ4v) is 1.39. The van der Waals surface area contributed by atoms with Crippen LogP contribution in [0.25, 0.3) is 0 Å². The lowest BCUT2D eigenvalue weighted by molar-refractivity contribution is 0.449. The number of hydrogen-bond acceptors (Lipinski definition) is 2. The van der Waals surface area contributed by atoms with E-state index in [4.69, 9.17) is 0 Å². The van der Waals surface area contributed by atoms with E-state index < -0.39 is 0 Å². The molecule has 0 aromatic carbocycles. The van der Waals surface area contributed by atoms with Crippen LogP contribution in [-0.2, 0) is 6.54 Å². The second-order valence-corrected chi connectivity index (χ2v) is 3.57. The van der Waals surface area contributed by atoms with Crippen molar-refractivity contribution in [3.05, 3.63) is 18.5 Å². The number of nitrogens with zero attached hydrogens (tertiary/aromatic N) is 2. The molecule has 1 aromatic rings. The van der Waals surface area contributed by atoms with E-state index in [9.17, 15) is 0 Å². The van der Waals surface area contributed by atoms with Gasteiger partial charge < -0.3 is 5.32 Å². The van der Waals surface area contributed by atoms with Crippen molar-refractivity contribution in [3.8, 4) is 0 Å². The maximum Gasteiger partial charge on any atom is 0.0560 e. The molecule has 1 aromatic heterocycles. The van der Waals surface area contributed by atoms with Crippen LogP contribution in [0.1, 0.15) is 19.8 Å². The van der Waals surface area contributed by atoms with E-state index >= 15 is 0 Å². The zero-order chi connectivity index (χ0) is 8.39. The molecule has 1 aliphatic rings. The van der Waals surface area contributed by atoms with E-state index in [1.165, 1.54) is 12.8 Å². The minimum absolute atomic E-state index is 0.539. The molecule has 1 atom stereocenters. The molecule has 3 nitrogen and oxygen atoms in total. The van der Waals surface area contributed by atoms with Gasteiger partial charge in [0.05, 0.1) is 6.54 Å². The van der Waals surface area contributed by atoms with E-state index in [0.29, 0.717) is 6.04 Å². The summed E-state index contributed by atoms with van der Waals surface area (Å²) in [6.07, 6.45) is 6.53. The Bertz CT molecular complexity index is 226. The lowest BCUT2D eigenvalue weighted by Gasteiger charge is -2.12. The zero-order valence-electron chi connectivity index (χ0n) is 7.40. The summed E-state index contributed by atoms with van der Waals surface area (Å²) in [5.74, 6) is 0. The molecule has 0 amide bonds. The molecule has 0 bridgehead atoms. The summed E-state index contributed by atoms with van der Waals surface area (Å²) < 4.78 is 1.97. The minimum atomic E-state index is 0.539. The van der Waals surface area contributed by atoms with Gasteiger partial charge in [-0.1, -0.05) is 0 Å². The van der Waals surface area contributed by atoms with Gasteiger partial charge in [-0.3, -0.25) is 4.68 Å². The monoisotopic (exact) mass is 165 g/mol. The number of rotatable bonds is 4. The van der Waals surface area contributed by atoms with E-state index in [1.807, 2.05) is 23.1 Å². The van der Waals surface area contributed by atoms with Gasteiger partial charge >= 0.3 is 0 Å². The van der Waals surface area contributed by atoms with Gasteiger partial charge in [-0.05, 0) is 25.8 Å². The SMILES string of the molecule is CC(Cn1cccn1)NC1CC1. The van der Waals surface area contributed by atoms with Gasteiger partial charge in [0, 0.05) is 24.5 Å². The van der Waals surface area contributed by atoms with Gasteiger partial charge in [0.15, 0.2) is 0 Å². The van der Waals surface area contributed by atoms with E-state index in [0.717, 1.165) is 12.6 Å². The molecule has 1 N–H and O–H groups in total. The molecule has 0 spiro atoms. The van der Waals surface area contributed by atoms with Gasteiger partial charge in [0.1, 0.15) is 0 Å². The first-order valence-electron chi connectivity index (χ1n) is 4.58. The lowest BCUT2D eigenvalue weighted by atomic mass is 10.3. The third kappa shape index (κ3) is 2.08. The van der Waals surface area contributed by atoms with E-state index in [-0.39, 0.29) is 0 Å². The van der Waals surface area contributed by atoms with Crippen LogP contribution in [0.3, 0.4) is 0 Å². The molecule has 0 radical (unpaired) electrons. The maximum atomic E-state index is 4.16. The smallest absolute Gasteiger partial charge is 0.0560 e. The van der Waals surface area contributed by atoms with Crippen molar-refractivity contribution in [2.45, 2.75) is 38.4 Å². The standard InChI is InChI=1S/C9H15N3/c1-8(11-9-3-4-9)7-12-6-2-5-10-12/h2,5-6,8-9,11H,3-4,7H2,1H3. The minimum Gasteiger partial charge on any atom is -0.310 e. The average Bonchev–Trinajstić information content (AvgIpc) is 2.66. The summed E-state index contributed by atoms with van der Waals surface area (Å²) in [7, 11) is 0. The van der Waals surface area contributed by atoms with Crippen LogP contribution in [-0.4, -0.2) is 21.9 Å². The first-order chi connectivity index (χ1) is 5.84. The summed E-state index contributed by atoms with van der Waals surface area (Å²) in [5.41, 5.74) is 0. The second kappa shape index (κ2) is 3.27. The van der Waals surface area contributed by atoms with Gasteiger partial charge in [0.2, 0.25) is 0 Å². The Hall–Kier alpha value is -0.830. The summed E-state index contributed by atoms with van der Waals surface area (Å²) in [4.78, 5) is 0. The van der Waals surface area contributed by atoms with Crippen molar-refractivity contribution in [2.75, 3.05) is 0 Å².